The minimum Gasteiger partial charge on any atom is -0.366 e. The summed E-state index contributed by atoms with van der Waals surface area (Å²) in [5, 5.41) is 0. The van der Waals surface area contributed by atoms with E-state index in [1.54, 1.807) is 12.4 Å². The minimum absolute atomic E-state index is 0.168. The minimum atomic E-state index is -0.172. The first-order valence-electron chi connectivity index (χ1n) is 10.8. The zero-order chi connectivity index (χ0) is 21.7. The molecule has 0 saturated heterocycles. The Morgan fingerprint density at radius 1 is 0.967 bits per heavy atom. The van der Waals surface area contributed by atoms with Crippen molar-refractivity contribution in [2.75, 3.05) is 19.6 Å². The molecule has 0 radical (unpaired) electrons. The maximum atomic E-state index is 13.4. The average Bonchev–Trinajstić information content (AvgIpc) is 3.00. The van der Waals surface area contributed by atoms with Crippen molar-refractivity contribution in [1.29, 1.82) is 0 Å². The number of aromatic nitrogens is 1. The lowest BCUT2D eigenvalue weighted by Gasteiger charge is -2.25. The lowest BCUT2D eigenvalue weighted by molar-refractivity contribution is -0.137. The predicted octanol–water partition coefficient (Wildman–Crippen LogP) is 4.14. The molecule has 5 nitrogen and oxygen atoms in total. The third-order valence-electron chi connectivity index (χ3n) is 5.79. The van der Waals surface area contributed by atoms with E-state index in [0.29, 0.717) is 30.9 Å². The fraction of sp³-hybridized carbons (Fsp3) is 0.400. The topological polar surface area (TPSA) is 53.5 Å². The number of rotatable bonds is 9. The van der Waals surface area contributed by atoms with Crippen LogP contribution in [0.15, 0.2) is 48.4 Å². The molecule has 1 aromatic carbocycles. The molecule has 0 spiro atoms. The van der Waals surface area contributed by atoms with Crippen LogP contribution in [0.1, 0.15) is 48.9 Å². The summed E-state index contributed by atoms with van der Waals surface area (Å²) in [5.74, 6) is -0.340. The van der Waals surface area contributed by atoms with Gasteiger partial charge in [0.2, 0.25) is 0 Å². The second-order valence-corrected chi connectivity index (χ2v) is 7.82. The van der Waals surface area contributed by atoms with Gasteiger partial charge in [0.1, 0.15) is 5.70 Å². The molecule has 0 fully saturated rings. The highest BCUT2D eigenvalue weighted by Crippen LogP contribution is 2.32. The molecule has 2 amide bonds. The van der Waals surface area contributed by atoms with Gasteiger partial charge in [-0.25, -0.2) is 0 Å². The van der Waals surface area contributed by atoms with Crippen LogP contribution in [0.25, 0.3) is 5.57 Å². The van der Waals surface area contributed by atoms with E-state index in [1.165, 1.54) is 10.5 Å². The fourth-order valence-electron chi connectivity index (χ4n) is 3.77. The first kappa shape index (κ1) is 21.8. The lowest BCUT2D eigenvalue weighted by atomic mass is 9.99. The zero-order valence-corrected chi connectivity index (χ0v) is 18.4. The standard InChI is InChI=1S/C25H31N3O2/c1-5-7-15-28-24(29)22(21-9-8-18(3)19(4)17-21)23(25(28)30)27(6-2)16-12-20-10-13-26-14-11-20/h8-11,13-14,17H,5-7,12,15-16H2,1-4H3. The van der Waals surface area contributed by atoms with Gasteiger partial charge in [0.15, 0.2) is 0 Å². The number of amides is 2. The first-order valence-corrected chi connectivity index (χ1v) is 10.8. The van der Waals surface area contributed by atoms with Crippen LogP contribution >= 0.6 is 0 Å². The highest BCUT2D eigenvalue weighted by molar-refractivity contribution is 6.35. The Kier molecular flexibility index (Phi) is 7.03. The number of carbonyl (C=O) groups excluding carboxylic acids is 2. The number of likely N-dealkylation sites (N-methyl/N-ethyl adjacent to an activating group) is 1. The van der Waals surface area contributed by atoms with Crippen molar-refractivity contribution in [2.45, 2.75) is 47.0 Å². The summed E-state index contributed by atoms with van der Waals surface area (Å²) in [6.45, 7) is 9.99. The Morgan fingerprint density at radius 3 is 2.33 bits per heavy atom. The summed E-state index contributed by atoms with van der Waals surface area (Å²) in [6, 6.07) is 9.98. The summed E-state index contributed by atoms with van der Waals surface area (Å²) in [5.41, 5.74) is 5.35. The van der Waals surface area contributed by atoms with Crippen LogP contribution in [0, 0.1) is 13.8 Å². The molecule has 0 saturated carbocycles. The number of aryl methyl sites for hydroxylation is 2. The number of imide groups is 1. The largest absolute Gasteiger partial charge is 0.366 e. The van der Waals surface area contributed by atoms with E-state index in [2.05, 4.69) is 23.7 Å². The Hall–Kier alpha value is -2.95. The highest BCUT2D eigenvalue weighted by atomic mass is 16.2. The van der Waals surface area contributed by atoms with E-state index in [-0.39, 0.29) is 11.8 Å². The lowest BCUT2D eigenvalue weighted by Crippen LogP contribution is -2.36. The van der Waals surface area contributed by atoms with Crippen molar-refractivity contribution in [3.63, 3.8) is 0 Å². The molecule has 1 aliphatic rings. The SMILES string of the molecule is CCCCN1C(=O)C(c2ccc(C)c(C)c2)=C(N(CC)CCc2ccncc2)C1=O. The predicted molar refractivity (Wildman–Crippen MR) is 120 cm³/mol. The second-order valence-electron chi connectivity index (χ2n) is 7.82. The van der Waals surface area contributed by atoms with Crippen molar-refractivity contribution in [2.24, 2.45) is 0 Å². The van der Waals surface area contributed by atoms with Crippen LogP contribution in [-0.4, -0.2) is 46.2 Å². The number of hydrogen-bond acceptors (Lipinski definition) is 4. The Morgan fingerprint density at radius 2 is 1.70 bits per heavy atom. The Balaban J connectivity index is 2.00. The van der Waals surface area contributed by atoms with Crippen molar-refractivity contribution in [3.8, 4) is 0 Å². The molecule has 0 aliphatic carbocycles. The van der Waals surface area contributed by atoms with Crippen LogP contribution in [0.4, 0.5) is 0 Å². The first-order chi connectivity index (χ1) is 14.5. The smallest absolute Gasteiger partial charge is 0.277 e. The van der Waals surface area contributed by atoms with Crippen molar-refractivity contribution < 1.29 is 9.59 Å². The summed E-state index contributed by atoms with van der Waals surface area (Å²) < 4.78 is 0. The number of pyridine rings is 1. The van der Waals surface area contributed by atoms with Gasteiger partial charge < -0.3 is 4.90 Å². The second kappa shape index (κ2) is 9.70. The van der Waals surface area contributed by atoms with Gasteiger partial charge in [-0.1, -0.05) is 31.5 Å². The third kappa shape index (κ3) is 4.45. The van der Waals surface area contributed by atoms with Gasteiger partial charge in [0, 0.05) is 32.0 Å². The Labute approximate surface area is 179 Å². The number of nitrogens with zero attached hydrogens (tertiary/aromatic N) is 3. The maximum Gasteiger partial charge on any atom is 0.277 e. The molecule has 1 aliphatic heterocycles. The number of carbonyl (C=O) groups is 2. The van der Waals surface area contributed by atoms with E-state index in [0.717, 1.165) is 36.0 Å². The third-order valence-corrected chi connectivity index (χ3v) is 5.79. The molecule has 0 unspecified atom stereocenters. The molecule has 1 aromatic heterocycles. The Bertz CT molecular complexity index is 950. The zero-order valence-electron chi connectivity index (χ0n) is 18.4. The van der Waals surface area contributed by atoms with Gasteiger partial charge in [-0.3, -0.25) is 19.5 Å². The van der Waals surface area contributed by atoms with Gasteiger partial charge in [-0.2, -0.15) is 0 Å². The van der Waals surface area contributed by atoms with Crippen LogP contribution < -0.4 is 0 Å². The molecule has 0 N–H and O–H groups in total. The van der Waals surface area contributed by atoms with Crippen LogP contribution in [-0.2, 0) is 16.0 Å². The summed E-state index contributed by atoms with van der Waals surface area (Å²) in [6.07, 6.45) is 6.10. The fourth-order valence-corrected chi connectivity index (χ4v) is 3.77. The quantitative estimate of drug-likeness (QED) is 0.588. The molecule has 30 heavy (non-hydrogen) atoms. The van der Waals surface area contributed by atoms with E-state index < -0.39 is 0 Å². The van der Waals surface area contributed by atoms with E-state index in [1.807, 2.05) is 44.2 Å². The molecule has 3 rings (SSSR count). The van der Waals surface area contributed by atoms with E-state index >= 15 is 0 Å². The van der Waals surface area contributed by atoms with Gasteiger partial charge in [0.25, 0.3) is 11.8 Å². The van der Waals surface area contributed by atoms with E-state index in [4.69, 9.17) is 0 Å². The molecule has 2 aromatic rings. The molecule has 158 valence electrons. The molecule has 0 bridgehead atoms. The molecular weight excluding hydrogens is 374 g/mol. The van der Waals surface area contributed by atoms with Crippen molar-refractivity contribution >= 4 is 17.4 Å². The highest BCUT2D eigenvalue weighted by Gasteiger charge is 2.40. The van der Waals surface area contributed by atoms with Gasteiger partial charge in [-0.05, 0) is 68.0 Å². The van der Waals surface area contributed by atoms with Crippen LogP contribution in [0.2, 0.25) is 0 Å². The molecule has 2 heterocycles. The number of unbranched alkanes of at least 4 members (excludes halogenated alkanes) is 1. The summed E-state index contributed by atoms with van der Waals surface area (Å²) in [4.78, 5) is 34.3. The maximum absolute atomic E-state index is 13.4. The van der Waals surface area contributed by atoms with Crippen molar-refractivity contribution in [3.05, 3.63) is 70.7 Å². The average molecular weight is 406 g/mol. The monoisotopic (exact) mass is 405 g/mol. The number of benzene rings is 1. The van der Waals surface area contributed by atoms with Gasteiger partial charge in [0.05, 0.1) is 5.57 Å². The summed E-state index contributed by atoms with van der Waals surface area (Å²) in [7, 11) is 0. The van der Waals surface area contributed by atoms with Gasteiger partial charge in [-0.15, -0.1) is 0 Å². The molecule has 5 heteroatoms. The molecule has 0 atom stereocenters. The number of hydrogen-bond donors (Lipinski definition) is 0. The summed E-state index contributed by atoms with van der Waals surface area (Å²) >= 11 is 0. The molecular formula is C25H31N3O2. The van der Waals surface area contributed by atoms with Crippen molar-refractivity contribution in [1.82, 2.24) is 14.8 Å². The van der Waals surface area contributed by atoms with Crippen LogP contribution in [0.3, 0.4) is 0 Å². The normalized spacial score (nSPS) is 14.1. The van der Waals surface area contributed by atoms with Gasteiger partial charge >= 0.3 is 0 Å². The van der Waals surface area contributed by atoms with E-state index in [9.17, 15) is 9.59 Å². The van der Waals surface area contributed by atoms with Crippen LogP contribution in [0.5, 0.6) is 0 Å².